The molecule has 0 aliphatic heterocycles. The molecule has 0 aliphatic carbocycles. The van der Waals surface area contributed by atoms with Crippen molar-refractivity contribution in [2.45, 2.75) is 13.3 Å². The van der Waals surface area contributed by atoms with Crippen molar-refractivity contribution in [3.8, 4) is 5.75 Å². The Balaban J connectivity index is 3.30. The normalized spacial score (nSPS) is 11.4. The molecule has 0 amide bonds. The second-order valence-electron chi connectivity index (χ2n) is 3.21. The summed E-state index contributed by atoms with van der Waals surface area (Å²) in [6.45, 7) is 1.84. The van der Waals surface area contributed by atoms with Gasteiger partial charge in [0.1, 0.15) is 5.75 Å². The Kier molecular flexibility index (Phi) is 4.60. The van der Waals surface area contributed by atoms with Crippen LogP contribution in [-0.4, -0.2) is 16.8 Å². The van der Waals surface area contributed by atoms with E-state index in [0.29, 0.717) is 22.7 Å². The number of hydrogen-bond donors (Lipinski definition) is 3. The zero-order valence-corrected chi connectivity index (χ0v) is 10.6. The highest BCUT2D eigenvalue weighted by molar-refractivity contribution is 6.36. The lowest BCUT2D eigenvalue weighted by atomic mass is 10.1. The van der Waals surface area contributed by atoms with Crippen LogP contribution in [0, 0.1) is 0 Å². The summed E-state index contributed by atoms with van der Waals surface area (Å²) >= 11 is 11.7. The second-order valence-corrected chi connectivity index (χ2v) is 4.05. The van der Waals surface area contributed by atoms with Crippen LogP contribution in [0.5, 0.6) is 5.75 Å². The first-order valence-corrected chi connectivity index (χ1v) is 5.55. The lowest BCUT2D eigenvalue weighted by molar-refractivity contribution is 0.474. The van der Waals surface area contributed by atoms with Crippen molar-refractivity contribution in [3.05, 3.63) is 27.7 Å². The third-order valence-electron chi connectivity index (χ3n) is 1.96. The Labute approximate surface area is 109 Å². The molecule has 92 valence electrons. The molecule has 1 rings (SSSR count). The smallest absolute Gasteiger partial charge is 0.211 e. The number of nitrogens with zero attached hydrogens (tertiary/aromatic N) is 2. The Morgan fingerprint density at radius 2 is 1.94 bits per heavy atom. The van der Waals surface area contributed by atoms with Crippen molar-refractivity contribution in [2.75, 3.05) is 0 Å². The number of aromatic hydroxyl groups is 1. The van der Waals surface area contributed by atoms with E-state index in [0.717, 1.165) is 0 Å². The van der Waals surface area contributed by atoms with Crippen LogP contribution in [0.15, 0.2) is 22.3 Å². The maximum absolute atomic E-state index is 9.81. The summed E-state index contributed by atoms with van der Waals surface area (Å²) in [5, 5.41) is 17.7. The molecule has 0 bridgehead atoms. The molecule has 0 heterocycles. The molecule has 0 unspecified atom stereocenters. The monoisotopic (exact) mass is 274 g/mol. The van der Waals surface area contributed by atoms with Gasteiger partial charge in [0.25, 0.3) is 0 Å². The van der Waals surface area contributed by atoms with Crippen molar-refractivity contribution in [1.29, 1.82) is 0 Å². The first-order chi connectivity index (χ1) is 7.95. The molecule has 0 fully saturated rings. The van der Waals surface area contributed by atoms with Gasteiger partial charge in [-0.15, -0.1) is 5.10 Å². The summed E-state index contributed by atoms with van der Waals surface area (Å²) in [5.41, 5.74) is 11.3. The molecule has 0 saturated carbocycles. The molecule has 1 aromatic rings. The fourth-order valence-electron chi connectivity index (χ4n) is 1.22. The summed E-state index contributed by atoms with van der Waals surface area (Å²) in [6.07, 6.45) is 0.515. The molecule has 5 nitrogen and oxygen atoms in total. The summed E-state index contributed by atoms with van der Waals surface area (Å²) in [5.74, 6) is -0.258. The average Bonchev–Trinajstić information content (AvgIpc) is 2.25. The Morgan fingerprint density at radius 1 is 1.29 bits per heavy atom. The lowest BCUT2D eigenvalue weighted by Crippen LogP contribution is -2.22. The number of rotatable bonds is 3. The summed E-state index contributed by atoms with van der Waals surface area (Å²) in [6, 6.07) is 2.99. The van der Waals surface area contributed by atoms with Gasteiger partial charge in [0.05, 0.1) is 10.7 Å². The number of phenolic OH excluding ortho intramolecular Hbond substituents is 1. The molecular weight excluding hydrogens is 263 g/mol. The molecule has 0 atom stereocenters. The van der Waals surface area contributed by atoms with Gasteiger partial charge in [-0.25, -0.2) is 0 Å². The molecule has 0 aliphatic rings. The molecule has 0 radical (unpaired) electrons. The van der Waals surface area contributed by atoms with Crippen LogP contribution in [0.3, 0.4) is 0 Å². The zero-order valence-electron chi connectivity index (χ0n) is 9.11. The highest BCUT2D eigenvalue weighted by Gasteiger charge is 2.12. The molecule has 5 N–H and O–H groups in total. The van der Waals surface area contributed by atoms with E-state index in [2.05, 4.69) is 10.2 Å². The Hall–Kier alpha value is -1.46. The zero-order chi connectivity index (χ0) is 13.0. The van der Waals surface area contributed by atoms with Crippen LogP contribution in [0.2, 0.25) is 10.0 Å². The van der Waals surface area contributed by atoms with Gasteiger partial charge in [-0.05, 0) is 18.6 Å². The van der Waals surface area contributed by atoms with Crippen LogP contribution in [0.1, 0.15) is 18.9 Å². The van der Waals surface area contributed by atoms with Gasteiger partial charge in [-0.3, -0.25) is 0 Å². The topological polar surface area (TPSA) is 97.0 Å². The number of halogens is 2. The van der Waals surface area contributed by atoms with Gasteiger partial charge < -0.3 is 16.6 Å². The minimum absolute atomic E-state index is 0.0949. The highest BCUT2D eigenvalue weighted by Crippen LogP contribution is 2.32. The van der Waals surface area contributed by atoms with Crippen LogP contribution in [0.4, 0.5) is 0 Å². The number of benzene rings is 1. The number of hydrogen-bond acceptors (Lipinski definition) is 3. The fraction of sp³-hybridized carbons (Fsp3) is 0.200. The Morgan fingerprint density at radius 3 is 2.47 bits per heavy atom. The SMILES string of the molecule is CC/C(=N\N=C(N)N)c1cc(Cl)cc(Cl)c1O. The van der Waals surface area contributed by atoms with E-state index in [-0.39, 0.29) is 16.7 Å². The fourth-order valence-corrected chi connectivity index (χ4v) is 1.71. The van der Waals surface area contributed by atoms with E-state index >= 15 is 0 Å². The highest BCUT2D eigenvalue weighted by atomic mass is 35.5. The lowest BCUT2D eigenvalue weighted by Gasteiger charge is -2.07. The van der Waals surface area contributed by atoms with E-state index < -0.39 is 0 Å². The third kappa shape index (κ3) is 3.51. The van der Waals surface area contributed by atoms with Crippen molar-refractivity contribution < 1.29 is 5.11 Å². The maximum atomic E-state index is 9.81. The molecule has 0 saturated heterocycles. The predicted octanol–water partition coefficient (Wildman–Crippen LogP) is 2.09. The van der Waals surface area contributed by atoms with Gasteiger partial charge >= 0.3 is 0 Å². The molecular formula is C10H12Cl2N4O. The first-order valence-electron chi connectivity index (χ1n) is 4.79. The first kappa shape index (κ1) is 13.6. The Bertz CT molecular complexity index is 481. The quantitative estimate of drug-likeness (QED) is 0.447. The number of nitrogens with two attached hydrogens (primary N) is 2. The van der Waals surface area contributed by atoms with E-state index in [9.17, 15) is 5.11 Å². The van der Waals surface area contributed by atoms with Gasteiger partial charge in [-0.1, -0.05) is 30.1 Å². The van der Waals surface area contributed by atoms with Crippen molar-refractivity contribution >= 4 is 34.9 Å². The third-order valence-corrected chi connectivity index (χ3v) is 2.47. The van der Waals surface area contributed by atoms with Gasteiger partial charge in [-0.2, -0.15) is 5.10 Å². The minimum Gasteiger partial charge on any atom is -0.506 e. The number of guanidine groups is 1. The van der Waals surface area contributed by atoms with Crippen molar-refractivity contribution in [2.24, 2.45) is 21.7 Å². The van der Waals surface area contributed by atoms with E-state index in [1.807, 2.05) is 6.92 Å². The second kappa shape index (κ2) is 5.75. The van der Waals surface area contributed by atoms with Gasteiger partial charge in [0, 0.05) is 10.6 Å². The minimum atomic E-state index is -0.163. The molecule has 17 heavy (non-hydrogen) atoms. The predicted molar refractivity (Wildman–Crippen MR) is 70.8 cm³/mol. The summed E-state index contributed by atoms with van der Waals surface area (Å²) in [4.78, 5) is 0. The van der Waals surface area contributed by atoms with Gasteiger partial charge in [0.15, 0.2) is 0 Å². The van der Waals surface area contributed by atoms with E-state index in [1.165, 1.54) is 6.07 Å². The van der Waals surface area contributed by atoms with Crippen LogP contribution in [0.25, 0.3) is 0 Å². The maximum Gasteiger partial charge on any atom is 0.211 e. The summed E-state index contributed by atoms with van der Waals surface area (Å²) < 4.78 is 0. The van der Waals surface area contributed by atoms with Crippen LogP contribution in [-0.2, 0) is 0 Å². The number of phenols is 1. The van der Waals surface area contributed by atoms with Crippen LogP contribution < -0.4 is 11.5 Å². The standard InChI is InChI=1S/C10H12Cl2N4O/c1-2-8(15-16-10(13)14)6-3-5(11)4-7(12)9(6)17/h3-4,17H,2H2,1H3,(H4,13,14,16)/b15-8+. The van der Waals surface area contributed by atoms with E-state index in [4.69, 9.17) is 34.7 Å². The van der Waals surface area contributed by atoms with Gasteiger partial charge in [0.2, 0.25) is 5.96 Å². The largest absolute Gasteiger partial charge is 0.506 e. The molecule has 0 aromatic heterocycles. The van der Waals surface area contributed by atoms with E-state index in [1.54, 1.807) is 6.07 Å². The average molecular weight is 275 g/mol. The van der Waals surface area contributed by atoms with Crippen molar-refractivity contribution in [1.82, 2.24) is 0 Å². The van der Waals surface area contributed by atoms with Crippen molar-refractivity contribution in [3.63, 3.8) is 0 Å². The molecule has 1 aromatic carbocycles. The molecule has 7 heteroatoms. The summed E-state index contributed by atoms with van der Waals surface area (Å²) in [7, 11) is 0. The van der Waals surface area contributed by atoms with Crippen LogP contribution >= 0.6 is 23.2 Å². The molecule has 0 spiro atoms.